The van der Waals surface area contributed by atoms with Gasteiger partial charge in [0.05, 0.1) is 6.04 Å². The highest BCUT2D eigenvalue weighted by atomic mass is 15.0. The van der Waals surface area contributed by atoms with Crippen molar-refractivity contribution < 1.29 is 0 Å². The zero-order chi connectivity index (χ0) is 13.9. The average molecular weight is 270 g/mol. The van der Waals surface area contributed by atoms with Gasteiger partial charge in [0.1, 0.15) is 5.84 Å². The van der Waals surface area contributed by atoms with Crippen molar-refractivity contribution in [3.63, 3.8) is 0 Å². The molecule has 1 saturated carbocycles. The van der Waals surface area contributed by atoms with Gasteiger partial charge in [-0.25, -0.2) is 0 Å². The Labute approximate surface area is 120 Å². The summed E-state index contributed by atoms with van der Waals surface area (Å²) < 4.78 is 0. The van der Waals surface area contributed by atoms with Crippen molar-refractivity contribution >= 4 is 11.5 Å². The number of rotatable bonds is 3. The summed E-state index contributed by atoms with van der Waals surface area (Å²) in [7, 11) is 0. The Balaban J connectivity index is 1.87. The largest absolute Gasteiger partial charge is 0.402 e. The molecule has 0 atom stereocenters. The van der Waals surface area contributed by atoms with Crippen molar-refractivity contribution in [2.75, 3.05) is 18.4 Å². The van der Waals surface area contributed by atoms with Gasteiger partial charge in [-0.3, -0.25) is 4.99 Å². The molecule has 0 saturated heterocycles. The van der Waals surface area contributed by atoms with E-state index in [1.807, 2.05) is 0 Å². The molecule has 1 aromatic rings. The molecule has 1 aliphatic carbocycles. The van der Waals surface area contributed by atoms with Gasteiger partial charge in [0.2, 0.25) is 0 Å². The standard InChI is InChI=1S/C16H22N4/c1-11-3-2-4-13(9-11)20-16(19-12-5-6-12)14-10-18-8-7-15(14)17/h2-4,9,12,18H,5-8,10,17H2,1H3,(H,19,20). The molecule has 4 N–H and O–H groups in total. The Morgan fingerprint density at radius 3 is 2.95 bits per heavy atom. The third kappa shape index (κ3) is 3.20. The van der Waals surface area contributed by atoms with E-state index in [1.54, 1.807) is 0 Å². The van der Waals surface area contributed by atoms with E-state index in [-0.39, 0.29) is 0 Å². The molecule has 20 heavy (non-hydrogen) atoms. The maximum atomic E-state index is 6.18. The molecule has 1 heterocycles. The molecule has 3 rings (SSSR count). The van der Waals surface area contributed by atoms with Crippen LogP contribution in [0.4, 0.5) is 5.69 Å². The second-order valence-electron chi connectivity index (χ2n) is 5.63. The molecule has 106 valence electrons. The highest BCUT2D eigenvalue weighted by molar-refractivity contribution is 6.09. The van der Waals surface area contributed by atoms with Gasteiger partial charge in [-0.05, 0) is 43.9 Å². The summed E-state index contributed by atoms with van der Waals surface area (Å²) in [4.78, 5) is 4.81. The molecule has 0 amide bonds. The molecular formula is C16H22N4. The minimum Gasteiger partial charge on any atom is -0.402 e. The van der Waals surface area contributed by atoms with Crippen LogP contribution in [0, 0.1) is 6.92 Å². The zero-order valence-corrected chi connectivity index (χ0v) is 11.9. The Hall–Kier alpha value is -1.81. The monoisotopic (exact) mass is 270 g/mol. The fourth-order valence-electron chi connectivity index (χ4n) is 2.37. The third-order valence-corrected chi connectivity index (χ3v) is 3.69. The van der Waals surface area contributed by atoms with E-state index < -0.39 is 0 Å². The Bertz CT molecular complexity index is 555. The van der Waals surface area contributed by atoms with Gasteiger partial charge in [-0.15, -0.1) is 0 Å². The molecule has 0 aromatic heterocycles. The molecule has 0 unspecified atom stereocenters. The second kappa shape index (κ2) is 5.67. The van der Waals surface area contributed by atoms with Gasteiger partial charge in [0.15, 0.2) is 0 Å². The van der Waals surface area contributed by atoms with Crippen molar-refractivity contribution in [1.82, 2.24) is 5.32 Å². The van der Waals surface area contributed by atoms with Crippen molar-refractivity contribution in [3.8, 4) is 0 Å². The van der Waals surface area contributed by atoms with Gasteiger partial charge in [0, 0.05) is 30.0 Å². The van der Waals surface area contributed by atoms with Crippen LogP contribution in [-0.2, 0) is 0 Å². The lowest BCUT2D eigenvalue weighted by Crippen LogP contribution is -2.34. The zero-order valence-electron chi connectivity index (χ0n) is 11.9. The summed E-state index contributed by atoms with van der Waals surface area (Å²) in [6, 6.07) is 8.84. The summed E-state index contributed by atoms with van der Waals surface area (Å²) >= 11 is 0. The molecule has 0 spiro atoms. The van der Waals surface area contributed by atoms with Gasteiger partial charge in [-0.1, -0.05) is 12.1 Å². The maximum absolute atomic E-state index is 6.18. The van der Waals surface area contributed by atoms with Gasteiger partial charge in [-0.2, -0.15) is 0 Å². The summed E-state index contributed by atoms with van der Waals surface area (Å²) in [5.41, 5.74) is 10.6. The third-order valence-electron chi connectivity index (χ3n) is 3.69. The quantitative estimate of drug-likeness (QED) is 0.582. The van der Waals surface area contributed by atoms with Crippen molar-refractivity contribution in [3.05, 3.63) is 41.1 Å². The normalized spacial score (nSPS) is 20.1. The SMILES string of the molecule is Cc1cccc(NC(=NC2CC2)C2=C(N)CCNC2)c1. The number of nitrogens with two attached hydrogens (primary N) is 1. The van der Waals surface area contributed by atoms with Gasteiger partial charge in [0.25, 0.3) is 0 Å². The van der Waals surface area contributed by atoms with Crippen LogP contribution in [0.5, 0.6) is 0 Å². The van der Waals surface area contributed by atoms with Crippen LogP contribution >= 0.6 is 0 Å². The predicted octanol–water partition coefficient (Wildman–Crippen LogP) is 2.17. The summed E-state index contributed by atoms with van der Waals surface area (Å²) in [6.07, 6.45) is 3.29. The van der Waals surface area contributed by atoms with Crippen LogP contribution in [-0.4, -0.2) is 25.0 Å². The highest BCUT2D eigenvalue weighted by Crippen LogP contribution is 2.25. The molecule has 0 radical (unpaired) electrons. The first-order chi connectivity index (χ1) is 9.72. The lowest BCUT2D eigenvalue weighted by molar-refractivity contribution is 0.685. The van der Waals surface area contributed by atoms with E-state index in [9.17, 15) is 0 Å². The summed E-state index contributed by atoms with van der Waals surface area (Å²) in [5, 5.41) is 6.84. The number of amidine groups is 1. The van der Waals surface area contributed by atoms with E-state index in [4.69, 9.17) is 10.7 Å². The Morgan fingerprint density at radius 2 is 2.25 bits per heavy atom. The van der Waals surface area contributed by atoms with E-state index in [0.29, 0.717) is 6.04 Å². The van der Waals surface area contributed by atoms with Crippen LogP contribution in [0.15, 0.2) is 40.5 Å². The Morgan fingerprint density at radius 1 is 1.40 bits per heavy atom. The predicted molar refractivity (Wildman–Crippen MR) is 84.0 cm³/mol. The number of hydrogen-bond donors (Lipinski definition) is 3. The van der Waals surface area contributed by atoms with Crippen LogP contribution in [0.3, 0.4) is 0 Å². The topological polar surface area (TPSA) is 62.4 Å². The smallest absolute Gasteiger partial charge is 0.131 e. The van der Waals surface area contributed by atoms with Crippen LogP contribution < -0.4 is 16.4 Å². The van der Waals surface area contributed by atoms with Crippen LogP contribution in [0.2, 0.25) is 0 Å². The fraction of sp³-hybridized carbons (Fsp3) is 0.438. The highest BCUT2D eigenvalue weighted by Gasteiger charge is 2.23. The van der Waals surface area contributed by atoms with E-state index in [1.165, 1.54) is 18.4 Å². The number of nitrogens with one attached hydrogen (secondary N) is 2. The second-order valence-corrected chi connectivity index (χ2v) is 5.63. The number of hydrogen-bond acceptors (Lipinski definition) is 3. The molecule has 0 bridgehead atoms. The minimum absolute atomic E-state index is 0.476. The number of anilines is 1. The molecule has 4 heteroatoms. The van der Waals surface area contributed by atoms with E-state index in [2.05, 4.69) is 41.8 Å². The van der Waals surface area contributed by atoms with Gasteiger partial charge < -0.3 is 16.4 Å². The van der Waals surface area contributed by atoms with Crippen LogP contribution in [0.1, 0.15) is 24.8 Å². The summed E-state index contributed by atoms with van der Waals surface area (Å²) in [5.74, 6) is 0.947. The molecule has 4 nitrogen and oxygen atoms in total. The molecule has 1 aromatic carbocycles. The number of aryl methyl sites for hydroxylation is 1. The number of aliphatic imine (C=N–C) groups is 1. The lowest BCUT2D eigenvalue weighted by atomic mass is 10.1. The lowest BCUT2D eigenvalue weighted by Gasteiger charge is -2.21. The Kier molecular flexibility index (Phi) is 3.74. The maximum Gasteiger partial charge on any atom is 0.131 e. The summed E-state index contributed by atoms with van der Waals surface area (Å²) in [6.45, 7) is 3.85. The van der Waals surface area contributed by atoms with Crippen LogP contribution in [0.25, 0.3) is 0 Å². The molecule has 2 aliphatic rings. The van der Waals surface area contributed by atoms with E-state index >= 15 is 0 Å². The minimum atomic E-state index is 0.476. The number of benzene rings is 1. The van der Waals surface area contributed by atoms with Crippen molar-refractivity contribution in [2.45, 2.75) is 32.2 Å². The molecule has 1 aliphatic heterocycles. The first-order valence-electron chi connectivity index (χ1n) is 7.32. The van der Waals surface area contributed by atoms with Crippen molar-refractivity contribution in [1.29, 1.82) is 0 Å². The average Bonchev–Trinajstić information content (AvgIpc) is 3.23. The number of nitrogens with zero attached hydrogens (tertiary/aromatic N) is 1. The first-order valence-corrected chi connectivity index (χ1v) is 7.32. The first kappa shape index (κ1) is 13.2. The molecule has 1 fully saturated rings. The molecular weight excluding hydrogens is 248 g/mol. The van der Waals surface area contributed by atoms with E-state index in [0.717, 1.165) is 42.3 Å². The van der Waals surface area contributed by atoms with Crippen molar-refractivity contribution in [2.24, 2.45) is 10.7 Å². The van der Waals surface area contributed by atoms with Gasteiger partial charge >= 0.3 is 0 Å². The fourth-order valence-corrected chi connectivity index (χ4v) is 2.37.